The average molecular weight is 131 g/mol. The van der Waals surface area contributed by atoms with Crippen LogP contribution in [0.2, 0.25) is 0 Å². The van der Waals surface area contributed by atoms with Crippen LogP contribution in [0.25, 0.3) is 0 Å². The van der Waals surface area contributed by atoms with Crippen LogP contribution in [-0.4, -0.2) is 11.4 Å². The van der Waals surface area contributed by atoms with Gasteiger partial charge in [0.2, 0.25) is 0 Å². The Morgan fingerprint density at radius 3 is 2.90 bits per heavy atom. The van der Waals surface area contributed by atoms with Gasteiger partial charge in [0.05, 0.1) is 12.1 Å². The molecule has 0 saturated heterocycles. The summed E-state index contributed by atoms with van der Waals surface area (Å²) >= 11 is 0. The van der Waals surface area contributed by atoms with E-state index in [0.29, 0.717) is 12.1 Å². The van der Waals surface area contributed by atoms with Crippen molar-refractivity contribution in [1.82, 2.24) is 4.90 Å². The third kappa shape index (κ3) is 1.15. The Morgan fingerprint density at radius 2 is 2.30 bits per heavy atom. The van der Waals surface area contributed by atoms with Crippen LogP contribution in [0.15, 0.2) is 23.9 Å². The molecule has 0 atom stereocenters. The molecule has 0 saturated carbocycles. The summed E-state index contributed by atoms with van der Waals surface area (Å²) in [5.74, 6) is 0. The fraction of sp³-hybridized carbons (Fsp3) is 0.143. The number of nitriles is 2. The van der Waals surface area contributed by atoms with Gasteiger partial charge >= 0.3 is 0 Å². The normalized spacial score (nSPS) is 15.4. The highest BCUT2D eigenvalue weighted by molar-refractivity contribution is 5.35. The molecule has 3 nitrogen and oxygen atoms in total. The SMILES string of the molecule is N#CC1=CN(C#N)CC=C1. The minimum Gasteiger partial charge on any atom is -0.281 e. The fourth-order valence-corrected chi connectivity index (χ4v) is 0.693. The summed E-state index contributed by atoms with van der Waals surface area (Å²) in [6.45, 7) is 0.571. The first-order valence-electron chi connectivity index (χ1n) is 2.81. The number of hydrogen-bond donors (Lipinski definition) is 0. The van der Waals surface area contributed by atoms with Crippen molar-refractivity contribution < 1.29 is 0 Å². The molecule has 0 unspecified atom stereocenters. The lowest BCUT2D eigenvalue weighted by molar-refractivity contribution is 0.577. The Bertz CT molecular complexity index is 262. The topological polar surface area (TPSA) is 50.8 Å². The van der Waals surface area contributed by atoms with Gasteiger partial charge in [-0.3, -0.25) is 4.90 Å². The lowest BCUT2D eigenvalue weighted by Crippen LogP contribution is -2.12. The monoisotopic (exact) mass is 131 g/mol. The maximum Gasteiger partial charge on any atom is 0.184 e. The second-order valence-electron chi connectivity index (χ2n) is 1.85. The third-order valence-electron chi connectivity index (χ3n) is 1.15. The first-order valence-corrected chi connectivity index (χ1v) is 2.81. The van der Waals surface area contributed by atoms with E-state index in [1.54, 1.807) is 12.2 Å². The van der Waals surface area contributed by atoms with Crippen LogP contribution < -0.4 is 0 Å². The van der Waals surface area contributed by atoms with Crippen molar-refractivity contribution in [2.24, 2.45) is 0 Å². The Labute approximate surface area is 59.1 Å². The van der Waals surface area contributed by atoms with E-state index >= 15 is 0 Å². The van der Waals surface area contributed by atoms with Crippen molar-refractivity contribution in [2.75, 3.05) is 6.54 Å². The summed E-state index contributed by atoms with van der Waals surface area (Å²) in [5.41, 5.74) is 0.521. The molecular formula is C7H5N3. The maximum atomic E-state index is 8.40. The number of hydrogen-bond acceptors (Lipinski definition) is 3. The van der Waals surface area contributed by atoms with Gasteiger partial charge in [0.25, 0.3) is 0 Å². The van der Waals surface area contributed by atoms with Gasteiger partial charge in [0.1, 0.15) is 6.07 Å². The number of nitrogens with zero attached hydrogens (tertiary/aromatic N) is 3. The Hall–Kier alpha value is -1.74. The number of allylic oxidation sites excluding steroid dienone is 2. The van der Waals surface area contributed by atoms with Crippen LogP contribution in [0.3, 0.4) is 0 Å². The van der Waals surface area contributed by atoms with E-state index in [9.17, 15) is 0 Å². The van der Waals surface area contributed by atoms with E-state index in [1.807, 2.05) is 12.3 Å². The van der Waals surface area contributed by atoms with Gasteiger partial charge in [-0.25, -0.2) is 0 Å². The molecule has 1 heterocycles. The summed E-state index contributed by atoms with van der Waals surface area (Å²) in [6.07, 6.45) is 6.93. The molecule has 10 heavy (non-hydrogen) atoms. The van der Waals surface area contributed by atoms with Crippen LogP contribution in [0.1, 0.15) is 0 Å². The molecule has 0 bridgehead atoms. The van der Waals surface area contributed by atoms with E-state index in [2.05, 4.69) is 0 Å². The molecule has 0 aromatic heterocycles. The summed E-state index contributed by atoms with van der Waals surface area (Å²) in [4.78, 5) is 1.40. The van der Waals surface area contributed by atoms with E-state index in [4.69, 9.17) is 10.5 Å². The van der Waals surface area contributed by atoms with Crippen molar-refractivity contribution in [3.63, 3.8) is 0 Å². The van der Waals surface area contributed by atoms with Gasteiger partial charge in [-0.2, -0.15) is 10.5 Å². The van der Waals surface area contributed by atoms with Gasteiger partial charge in [0, 0.05) is 6.20 Å². The summed E-state index contributed by atoms with van der Waals surface area (Å²) in [5, 5.41) is 16.8. The highest BCUT2D eigenvalue weighted by Crippen LogP contribution is 2.03. The van der Waals surface area contributed by atoms with Crippen molar-refractivity contribution in [2.45, 2.75) is 0 Å². The second kappa shape index (κ2) is 2.70. The van der Waals surface area contributed by atoms with Crippen molar-refractivity contribution in [3.8, 4) is 12.3 Å². The molecule has 1 rings (SSSR count). The van der Waals surface area contributed by atoms with E-state index in [0.717, 1.165) is 0 Å². The van der Waals surface area contributed by atoms with Crippen molar-refractivity contribution in [3.05, 3.63) is 23.9 Å². The van der Waals surface area contributed by atoms with Gasteiger partial charge < -0.3 is 0 Å². The molecular weight excluding hydrogens is 126 g/mol. The van der Waals surface area contributed by atoms with Gasteiger partial charge in [-0.05, 0) is 6.08 Å². The molecule has 0 radical (unpaired) electrons. The quantitative estimate of drug-likeness (QED) is 0.456. The third-order valence-corrected chi connectivity index (χ3v) is 1.15. The van der Waals surface area contributed by atoms with E-state index in [-0.39, 0.29) is 0 Å². The molecule has 1 aliphatic heterocycles. The van der Waals surface area contributed by atoms with Crippen molar-refractivity contribution in [1.29, 1.82) is 10.5 Å². The minimum atomic E-state index is 0.521. The van der Waals surface area contributed by atoms with E-state index < -0.39 is 0 Å². The molecule has 0 aliphatic carbocycles. The van der Waals surface area contributed by atoms with Crippen LogP contribution in [0, 0.1) is 22.8 Å². The molecule has 3 heteroatoms. The summed E-state index contributed by atoms with van der Waals surface area (Å²) < 4.78 is 0. The first kappa shape index (κ1) is 6.38. The standard InChI is InChI=1S/C7H5N3/c8-4-7-2-1-3-10(5-7)6-9/h1-2,5H,3H2. The molecule has 0 aromatic carbocycles. The first-order chi connectivity index (χ1) is 4.86. The zero-order chi connectivity index (χ0) is 7.40. The highest BCUT2D eigenvalue weighted by atomic mass is 15.1. The van der Waals surface area contributed by atoms with Crippen LogP contribution in [-0.2, 0) is 0 Å². The lowest BCUT2D eigenvalue weighted by Gasteiger charge is -2.09. The van der Waals surface area contributed by atoms with Gasteiger partial charge in [-0.15, -0.1) is 0 Å². The predicted octanol–water partition coefficient (Wildman–Crippen LogP) is 0.747. The molecule has 48 valence electrons. The molecule has 1 aliphatic rings. The van der Waals surface area contributed by atoms with Gasteiger partial charge in [0.15, 0.2) is 6.19 Å². The molecule has 0 aromatic rings. The second-order valence-corrected chi connectivity index (χ2v) is 1.85. The van der Waals surface area contributed by atoms with E-state index in [1.165, 1.54) is 11.1 Å². The smallest absolute Gasteiger partial charge is 0.184 e. The summed E-state index contributed by atoms with van der Waals surface area (Å²) in [7, 11) is 0. The highest BCUT2D eigenvalue weighted by Gasteiger charge is 2.01. The predicted molar refractivity (Wildman–Crippen MR) is 35.2 cm³/mol. The van der Waals surface area contributed by atoms with Crippen LogP contribution in [0.5, 0.6) is 0 Å². The molecule has 0 spiro atoms. The van der Waals surface area contributed by atoms with Crippen LogP contribution in [0.4, 0.5) is 0 Å². The summed E-state index contributed by atoms with van der Waals surface area (Å²) in [6, 6.07) is 1.95. The molecule has 0 amide bonds. The minimum absolute atomic E-state index is 0.521. The molecule has 0 N–H and O–H groups in total. The number of rotatable bonds is 0. The lowest BCUT2D eigenvalue weighted by atomic mass is 10.2. The zero-order valence-corrected chi connectivity index (χ0v) is 5.28. The van der Waals surface area contributed by atoms with Gasteiger partial charge in [-0.1, -0.05) is 6.08 Å². The Kier molecular flexibility index (Phi) is 1.72. The molecule has 0 fully saturated rings. The zero-order valence-electron chi connectivity index (χ0n) is 5.28. The maximum absolute atomic E-state index is 8.40. The largest absolute Gasteiger partial charge is 0.281 e. The van der Waals surface area contributed by atoms with Crippen molar-refractivity contribution >= 4 is 0 Å². The Balaban J connectivity index is 2.79. The van der Waals surface area contributed by atoms with Crippen LogP contribution >= 0.6 is 0 Å². The average Bonchev–Trinajstić information content (AvgIpc) is 2.05. The Morgan fingerprint density at radius 1 is 1.50 bits per heavy atom. The fourth-order valence-electron chi connectivity index (χ4n) is 0.693.